The molecule has 1 unspecified atom stereocenters. The fourth-order valence-electron chi connectivity index (χ4n) is 1.81. The van der Waals surface area contributed by atoms with E-state index < -0.39 is 11.7 Å². The molecule has 1 fully saturated rings. The molecule has 0 saturated carbocycles. The summed E-state index contributed by atoms with van der Waals surface area (Å²) in [7, 11) is 0. The second-order valence-electron chi connectivity index (χ2n) is 4.07. The highest BCUT2D eigenvalue weighted by Crippen LogP contribution is 2.31. The number of carbonyl (C=O) groups is 2. The van der Waals surface area contributed by atoms with Crippen LogP contribution in [0.2, 0.25) is 0 Å². The predicted octanol–water partition coefficient (Wildman–Crippen LogP) is 2.50. The van der Waals surface area contributed by atoms with Gasteiger partial charge in [0.25, 0.3) is 5.91 Å². The van der Waals surface area contributed by atoms with Gasteiger partial charge in [-0.3, -0.25) is 4.79 Å². The highest BCUT2D eigenvalue weighted by Gasteiger charge is 2.50. The number of nitrogens with zero attached hydrogens (tertiary/aromatic N) is 1. The van der Waals surface area contributed by atoms with E-state index in [1.54, 1.807) is 37.3 Å². The number of para-hydroxylation sites is 1. The minimum Gasteiger partial charge on any atom is -0.432 e. The van der Waals surface area contributed by atoms with Gasteiger partial charge in [0, 0.05) is 6.42 Å². The Bertz CT molecular complexity index is 469. The normalized spacial score (nSPS) is 23.7. The number of ether oxygens (including phenoxy) is 1. The molecule has 1 aromatic rings. The molecule has 0 aromatic heterocycles. The number of rotatable bonds is 3. The van der Waals surface area contributed by atoms with Crippen molar-refractivity contribution < 1.29 is 14.3 Å². The van der Waals surface area contributed by atoms with Crippen LogP contribution in [0.4, 0.5) is 10.5 Å². The molecule has 2 rings (SSSR count). The van der Waals surface area contributed by atoms with Crippen LogP contribution >= 0.6 is 0 Å². The second kappa shape index (κ2) is 4.05. The topological polar surface area (TPSA) is 46.6 Å². The van der Waals surface area contributed by atoms with E-state index in [2.05, 4.69) is 6.58 Å². The van der Waals surface area contributed by atoms with E-state index >= 15 is 0 Å². The molecule has 0 N–H and O–H groups in total. The molecule has 1 aliphatic rings. The minimum absolute atomic E-state index is 0.306. The Morgan fingerprint density at radius 2 is 2.00 bits per heavy atom. The molecular formula is C13H13NO3. The first-order valence-corrected chi connectivity index (χ1v) is 5.32. The monoisotopic (exact) mass is 231 g/mol. The average molecular weight is 231 g/mol. The molecule has 2 amide bonds. The van der Waals surface area contributed by atoms with Gasteiger partial charge in [-0.15, -0.1) is 6.58 Å². The summed E-state index contributed by atoms with van der Waals surface area (Å²) < 4.78 is 5.13. The van der Waals surface area contributed by atoms with Gasteiger partial charge in [-0.05, 0) is 19.1 Å². The number of hydrogen-bond acceptors (Lipinski definition) is 3. The van der Waals surface area contributed by atoms with Crippen molar-refractivity contribution in [1.29, 1.82) is 0 Å². The van der Waals surface area contributed by atoms with Crippen LogP contribution in [-0.4, -0.2) is 17.6 Å². The van der Waals surface area contributed by atoms with Crippen LogP contribution in [0.1, 0.15) is 13.3 Å². The van der Waals surface area contributed by atoms with E-state index in [-0.39, 0.29) is 5.91 Å². The lowest BCUT2D eigenvalue weighted by Crippen LogP contribution is -2.38. The van der Waals surface area contributed by atoms with Gasteiger partial charge >= 0.3 is 6.09 Å². The van der Waals surface area contributed by atoms with Crippen LogP contribution < -0.4 is 4.90 Å². The van der Waals surface area contributed by atoms with Crippen molar-refractivity contribution in [1.82, 2.24) is 0 Å². The van der Waals surface area contributed by atoms with E-state index in [4.69, 9.17) is 4.74 Å². The Kier molecular flexibility index (Phi) is 2.71. The lowest BCUT2D eigenvalue weighted by atomic mass is 10.0. The van der Waals surface area contributed by atoms with Gasteiger partial charge in [0.05, 0.1) is 5.69 Å². The van der Waals surface area contributed by atoms with Crippen LogP contribution in [0.3, 0.4) is 0 Å². The third kappa shape index (κ3) is 1.82. The zero-order valence-electron chi connectivity index (χ0n) is 9.55. The molecule has 1 atom stereocenters. The summed E-state index contributed by atoms with van der Waals surface area (Å²) in [5.41, 5.74) is -0.607. The maximum atomic E-state index is 12.2. The molecule has 1 aliphatic heterocycles. The lowest BCUT2D eigenvalue weighted by Gasteiger charge is -2.17. The van der Waals surface area contributed by atoms with Gasteiger partial charge in [0.15, 0.2) is 5.60 Å². The summed E-state index contributed by atoms with van der Waals surface area (Å²) in [6.45, 7) is 5.16. The van der Waals surface area contributed by atoms with E-state index in [0.29, 0.717) is 12.1 Å². The summed E-state index contributed by atoms with van der Waals surface area (Å²) in [4.78, 5) is 24.9. The van der Waals surface area contributed by atoms with Crippen LogP contribution in [0, 0.1) is 0 Å². The van der Waals surface area contributed by atoms with Crippen molar-refractivity contribution in [3.05, 3.63) is 43.0 Å². The lowest BCUT2D eigenvalue weighted by molar-refractivity contribution is -0.128. The first kappa shape index (κ1) is 11.4. The number of carbonyl (C=O) groups excluding carboxylic acids is 2. The number of amides is 2. The molecule has 0 aliphatic carbocycles. The van der Waals surface area contributed by atoms with Crippen molar-refractivity contribution in [3.8, 4) is 0 Å². The van der Waals surface area contributed by atoms with E-state index in [0.717, 1.165) is 4.90 Å². The smallest absolute Gasteiger partial charge is 0.422 e. The van der Waals surface area contributed by atoms with Crippen molar-refractivity contribution in [2.45, 2.75) is 18.9 Å². The molecule has 4 heteroatoms. The molecule has 1 heterocycles. The Morgan fingerprint density at radius 3 is 2.59 bits per heavy atom. The highest BCUT2D eigenvalue weighted by atomic mass is 16.6. The third-order valence-electron chi connectivity index (χ3n) is 2.70. The summed E-state index contributed by atoms with van der Waals surface area (Å²) >= 11 is 0. The zero-order chi connectivity index (χ0) is 12.5. The van der Waals surface area contributed by atoms with Crippen LogP contribution in [0.25, 0.3) is 0 Å². The van der Waals surface area contributed by atoms with Gasteiger partial charge in [-0.25, -0.2) is 9.69 Å². The Hall–Kier alpha value is -2.10. The average Bonchev–Trinajstić information content (AvgIpc) is 2.51. The SMILES string of the molecule is C=CCC1(C)OC(=O)N(c2ccccc2)C1=O. The highest BCUT2D eigenvalue weighted by molar-refractivity contribution is 6.19. The molecular weight excluding hydrogens is 218 g/mol. The number of cyclic esters (lactones) is 1. The van der Waals surface area contributed by atoms with E-state index in [1.807, 2.05) is 6.07 Å². The summed E-state index contributed by atoms with van der Waals surface area (Å²) in [5.74, 6) is -0.353. The first-order valence-electron chi connectivity index (χ1n) is 5.32. The van der Waals surface area contributed by atoms with Crippen molar-refractivity contribution in [2.24, 2.45) is 0 Å². The standard InChI is InChI=1S/C13H13NO3/c1-3-9-13(2)11(15)14(12(16)17-13)10-7-5-4-6-8-10/h3-8H,1,9H2,2H3. The van der Waals surface area contributed by atoms with Gasteiger partial charge < -0.3 is 4.74 Å². The Labute approximate surface area is 99.5 Å². The summed E-state index contributed by atoms with van der Waals surface area (Å²) in [5, 5.41) is 0. The summed E-state index contributed by atoms with van der Waals surface area (Å²) in [6.07, 6.45) is 1.24. The Morgan fingerprint density at radius 1 is 1.35 bits per heavy atom. The van der Waals surface area contributed by atoms with Gasteiger partial charge in [-0.2, -0.15) is 0 Å². The predicted molar refractivity (Wildman–Crippen MR) is 63.6 cm³/mol. The first-order chi connectivity index (χ1) is 8.08. The van der Waals surface area contributed by atoms with Crippen LogP contribution in [0.5, 0.6) is 0 Å². The number of hydrogen-bond donors (Lipinski definition) is 0. The van der Waals surface area contributed by atoms with Crippen molar-refractivity contribution in [3.63, 3.8) is 0 Å². The Balaban J connectivity index is 2.35. The van der Waals surface area contributed by atoms with Gasteiger partial charge in [-0.1, -0.05) is 24.3 Å². The minimum atomic E-state index is -1.13. The van der Waals surface area contributed by atoms with E-state index in [9.17, 15) is 9.59 Å². The quantitative estimate of drug-likeness (QED) is 0.751. The third-order valence-corrected chi connectivity index (χ3v) is 2.70. The zero-order valence-corrected chi connectivity index (χ0v) is 9.55. The van der Waals surface area contributed by atoms with Gasteiger partial charge in [0.2, 0.25) is 0 Å². The van der Waals surface area contributed by atoms with Crippen molar-refractivity contribution in [2.75, 3.05) is 4.90 Å². The second-order valence-corrected chi connectivity index (χ2v) is 4.07. The molecule has 4 nitrogen and oxygen atoms in total. The van der Waals surface area contributed by atoms with Gasteiger partial charge in [0.1, 0.15) is 0 Å². The number of benzene rings is 1. The molecule has 17 heavy (non-hydrogen) atoms. The molecule has 0 radical (unpaired) electrons. The molecule has 88 valence electrons. The fourth-order valence-corrected chi connectivity index (χ4v) is 1.81. The fraction of sp³-hybridized carbons (Fsp3) is 0.231. The maximum absolute atomic E-state index is 12.2. The molecule has 1 aromatic carbocycles. The molecule has 0 spiro atoms. The van der Waals surface area contributed by atoms with Crippen LogP contribution in [-0.2, 0) is 9.53 Å². The molecule has 1 saturated heterocycles. The van der Waals surface area contributed by atoms with Crippen LogP contribution in [0.15, 0.2) is 43.0 Å². The summed E-state index contributed by atoms with van der Waals surface area (Å²) in [6, 6.07) is 8.73. The van der Waals surface area contributed by atoms with E-state index in [1.165, 1.54) is 0 Å². The largest absolute Gasteiger partial charge is 0.432 e. The maximum Gasteiger partial charge on any atom is 0.422 e. The molecule has 0 bridgehead atoms. The number of imide groups is 1. The number of anilines is 1. The van der Waals surface area contributed by atoms with Crippen molar-refractivity contribution >= 4 is 17.7 Å².